The summed E-state index contributed by atoms with van der Waals surface area (Å²) in [6.07, 6.45) is 3.20. The minimum Gasteiger partial charge on any atom is -0.496 e. The minimum atomic E-state index is -0.384. The summed E-state index contributed by atoms with van der Waals surface area (Å²) in [5.74, 6) is 0.975. The lowest BCUT2D eigenvalue weighted by Crippen LogP contribution is -2.42. The Balaban J connectivity index is 1.82. The van der Waals surface area contributed by atoms with Crippen LogP contribution in [0.1, 0.15) is 30.0 Å². The molecule has 0 unspecified atom stereocenters. The molecular weight excluding hydrogens is 266 g/mol. The Bertz CT molecular complexity index is 503. The van der Waals surface area contributed by atoms with Gasteiger partial charge < -0.3 is 14.6 Å². The molecule has 116 valence electrons. The topological polar surface area (TPSA) is 41.9 Å². The van der Waals surface area contributed by atoms with Crippen molar-refractivity contribution in [3.05, 3.63) is 28.8 Å². The van der Waals surface area contributed by atoms with Gasteiger partial charge in [0, 0.05) is 12.1 Å². The number of fused-ring (bicyclic) bond motifs is 1. The summed E-state index contributed by atoms with van der Waals surface area (Å²) in [6.45, 7) is 4.89. The predicted molar refractivity (Wildman–Crippen MR) is 81.7 cm³/mol. The molecule has 1 aromatic carbocycles. The van der Waals surface area contributed by atoms with Crippen LogP contribution in [0.15, 0.2) is 12.1 Å². The van der Waals surface area contributed by atoms with Crippen molar-refractivity contribution in [1.29, 1.82) is 0 Å². The van der Waals surface area contributed by atoms with Gasteiger partial charge in [-0.25, -0.2) is 0 Å². The average Bonchev–Trinajstić information content (AvgIpc) is 3.12. The summed E-state index contributed by atoms with van der Waals surface area (Å²) >= 11 is 0. The van der Waals surface area contributed by atoms with Gasteiger partial charge in [0.1, 0.15) is 5.75 Å². The zero-order valence-corrected chi connectivity index (χ0v) is 13.0. The highest BCUT2D eigenvalue weighted by Gasteiger charge is 2.31. The normalized spacial score (nSPS) is 24.6. The van der Waals surface area contributed by atoms with E-state index in [1.807, 2.05) is 0 Å². The molecule has 2 atom stereocenters. The van der Waals surface area contributed by atoms with Crippen LogP contribution in [0.4, 0.5) is 0 Å². The second-order valence-corrected chi connectivity index (χ2v) is 6.02. The first-order valence-corrected chi connectivity index (χ1v) is 7.91. The molecule has 0 aromatic heterocycles. The lowest BCUT2D eigenvalue weighted by atomic mass is 10.0. The van der Waals surface area contributed by atoms with Crippen molar-refractivity contribution in [2.45, 2.75) is 44.9 Å². The Hall–Kier alpha value is -1.10. The van der Waals surface area contributed by atoms with Gasteiger partial charge in [0.15, 0.2) is 0 Å². The fourth-order valence-electron chi connectivity index (χ4n) is 3.53. The average molecular weight is 291 g/mol. The van der Waals surface area contributed by atoms with Gasteiger partial charge in [-0.3, -0.25) is 4.90 Å². The van der Waals surface area contributed by atoms with E-state index in [9.17, 15) is 5.11 Å². The standard InChI is InChI=1S/C17H25NO3/c1-3-18(15-10-21-11-16(15)19)9-14-7-12-5-4-6-13(12)8-17(14)20-2/h7-8,15-16,19H,3-6,9-11H2,1-2H3/t15-,16-/m0/s1. The van der Waals surface area contributed by atoms with Crippen LogP contribution in [0.25, 0.3) is 0 Å². The molecule has 1 saturated heterocycles. The van der Waals surface area contributed by atoms with Crippen molar-refractivity contribution in [3.8, 4) is 5.75 Å². The number of rotatable bonds is 5. The second-order valence-electron chi connectivity index (χ2n) is 6.02. The van der Waals surface area contributed by atoms with Crippen LogP contribution >= 0.6 is 0 Å². The van der Waals surface area contributed by atoms with E-state index in [0.717, 1.165) is 18.8 Å². The molecule has 1 heterocycles. The highest BCUT2D eigenvalue weighted by Crippen LogP contribution is 2.31. The fourth-order valence-corrected chi connectivity index (χ4v) is 3.53. The Labute approximate surface area is 126 Å². The molecule has 0 spiro atoms. The van der Waals surface area contributed by atoms with Crippen LogP contribution < -0.4 is 4.74 Å². The van der Waals surface area contributed by atoms with E-state index in [0.29, 0.717) is 13.2 Å². The van der Waals surface area contributed by atoms with Gasteiger partial charge in [-0.15, -0.1) is 0 Å². The van der Waals surface area contributed by atoms with Crippen molar-refractivity contribution >= 4 is 0 Å². The van der Waals surface area contributed by atoms with E-state index >= 15 is 0 Å². The van der Waals surface area contributed by atoms with E-state index in [1.165, 1.54) is 36.0 Å². The molecule has 1 N–H and O–H groups in total. The quantitative estimate of drug-likeness (QED) is 0.898. The van der Waals surface area contributed by atoms with Crippen LogP contribution in [0.3, 0.4) is 0 Å². The third-order valence-corrected chi connectivity index (χ3v) is 4.76. The number of hydrogen-bond acceptors (Lipinski definition) is 4. The monoisotopic (exact) mass is 291 g/mol. The smallest absolute Gasteiger partial charge is 0.123 e. The van der Waals surface area contributed by atoms with Crippen molar-refractivity contribution in [3.63, 3.8) is 0 Å². The van der Waals surface area contributed by atoms with Gasteiger partial charge in [-0.2, -0.15) is 0 Å². The second kappa shape index (κ2) is 6.34. The van der Waals surface area contributed by atoms with Gasteiger partial charge in [0.2, 0.25) is 0 Å². The minimum absolute atomic E-state index is 0.0907. The number of likely N-dealkylation sites (N-methyl/N-ethyl adjacent to an activating group) is 1. The molecule has 0 radical (unpaired) electrons. The SMILES string of the molecule is CCN(Cc1cc2c(cc1OC)CCC2)[C@H]1COC[C@@H]1O. The molecule has 2 aliphatic rings. The molecule has 3 rings (SSSR count). The van der Waals surface area contributed by atoms with E-state index < -0.39 is 0 Å². The third kappa shape index (κ3) is 2.93. The number of aliphatic hydroxyl groups excluding tert-OH is 1. The fraction of sp³-hybridized carbons (Fsp3) is 0.647. The van der Waals surface area contributed by atoms with Crippen LogP contribution in [0, 0.1) is 0 Å². The summed E-state index contributed by atoms with van der Waals surface area (Å²) in [7, 11) is 1.74. The molecule has 4 heteroatoms. The number of benzene rings is 1. The molecule has 0 bridgehead atoms. The first kappa shape index (κ1) is 14.8. The van der Waals surface area contributed by atoms with Crippen LogP contribution in [-0.2, 0) is 24.1 Å². The summed E-state index contributed by atoms with van der Waals surface area (Å²) < 4.78 is 11.0. The van der Waals surface area contributed by atoms with E-state index in [2.05, 4.69) is 24.0 Å². The van der Waals surface area contributed by atoms with Crippen molar-refractivity contribution < 1.29 is 14.6 Å². The zero-order chi connectivity index (χ0) is 14.8. The van der Waals surface area contributed by atoms with E-state index in [-0.39, 0.29) is 12.1 Å². The number of aryl methyl sites for hydroxylation is 2. The first-order chi connectivity index (χ1) is 10.2. The van der Waals surface area contributed by atoms with Crippen molar-refractivity contribution in [2.75, 3.05) is 26.9 Å². The van der Waals surface area contributed by atoms with Crippen LogP contribution in [-0.4, -0.2) is 49.0 Å². The van der Waals surface area contributed by atoms with Gasteiger partial charge in [0.25, 0.3) is 0 Å². The van der Waals surface area contributed by atoms with Crippen LogP contribution in [0.5, 0.6) is 5.75 Å². The molecule has 4 nitrogen and oxygen atoms in total. The Kier molecular flexibility index (Phi) is 4.48. The third-order valence-electron chi connectivity index (χ3n) is 4.76. The maximum Gasteiger partial charge on any atom is 0.123 e. The molecule has 0 amide bonds. The Morgan fingerprint density at radius 2 is 2.05 bits per heavy atom. The number of methoxy groups -OCH3 is 1. The number of hydrogen-bond donors (Lipinski definition) is 1. The lowest BCUT2D eigenvalue weighted by molar-refractivity contribution is 0.0803. The van der Waals surface area contributed by atoms with Gasteiger partial charge in [-0.1, -0.05) is 13.0 Å². The van der Waals surface area contributed by atoms with E-state index in [1.54, 1.807) is 7.11 Å². The molecule has 21 heavy (non-hydrogen) atoms. The van der Waals surface area contributed by atoms with E-state index in [4.69, 9.17) is 9.47 Å². The maximum atomic E-state index is 10.1. The first-order valence-electron chi connectivity index (χ1n) is 7.91. The summed E-state index contributed by atoms with van der Waals surface area (Å²) in [6, 6.07) is 4.59. The van der Waals surface area contributed by atoms with Gasteiger partial charge >= 0.3 is 0 Å². The zero-order valence-electron chi connectivity index (χ0n) is 13.0. The van der Waals surface area contributed by atoms with Crippen molar-refractivity contribution in [1.82, 2.24) is 4.90 Å². The lowest BCUT2D eigenvalue weighted by Gasteiger charge is -2.29. The molecule has 1 aliphatic carbocycles. The largest absolute Gasteiger partial charge is 0.496 e. The van der Waals surface area contributed by atoms with Crippen molar-refractivity contribution in [2.24, 2.45) is 0 Å². The molecule has 1 aromatic rings. The number of aliphatic hydroxyl groups is 1. The maximum absolute atomic E-state index is 10.1. The van der Waals surface area contributed by atoms with Crippen LogP contribution in [0.2, 0.25) is 0 Å². The summed E-state index contributed by atoms with van der Waals surface area (Å²) in [4.78, 5) is 2.29. The van der Waals surface area contributed by atoms with Gasteiger partial charge in [-0.05, 0) is 43.0 Å². The van der Waals surface area contributed by atoms with Gasteiger partial charge in [0.05, 0.1) is 32.5 Å². The Morgan fingerprint density at radius 3 is 2.67 bits per heavy atom. The molecule has 1 aliphatic heterocycles. The molecule has 1 fully saturated rings. The molecular formula is C17H25NO3. The highest BCUT2D eigenvalue weighted by molar-refractivity contribution is 5.44. The summed E-state index contributed by atoms with van der Waals surface area (Å²) in [5.41, 5.74) is 4.12. The molecule has 0 saturated carbocycles. The predicted octanol–water partition coefficient (Wildman–Crippen LogP) is 1.77. The number of ether oxygens (including phenoxy) is 2. The number of nitrogens with zero attached hydrogens (tertiary/aromatic N) is 1. The summed E-state index contributed by atoms with van der Waals surface area (Å²) in [5, 5.41) is 10.1. The Morgan fingerprint density at radius 1 is 1.29 bits per heavy atom. The highest BCUT2D eigenvalue weighted by atomic mass is 16.5.